The number of rotatable bonds is 3. The summed E-state index contributed by atoms with van der Waals surface area (Å²) in [5, 5.41) is 4.55. The van der Waals surface area contributed by atoms with Crippen LogP contribution in [0, 0.1) is 0 Å². The van der Waals surface area contributed by atoms with Crippen LogP contribution in [0.15, 0.2) is 35.7 Å². The molecule has 1 amide bonds. The molecule has 1 N–H and O–H groups in total. The Morgan fingerprint density at radius 1 is 1.14 bits per heavy atom. The Labute approximate surface area is 144 Å². The highest BCUT2D eigenvalue weighted by atomic mass is 35.6. The SMILES string of the molecule is O=C(c1cccs1)c1cc(Cl)ccc1NC(=O)C(Cl)(Cl)Cl. The molecular formula is C13H7Cl4NO2S. The summed E-state index contributed by atoms with van der Waals surface area (Å²) >= 11 is 23.7. The molecule has 0 unspecified atom stereocenters. The zero-order chi connectivity index (χ0) is 15.6. The van der Waals surface area contributed by atoms with Crippen molar-refractivity contribution in [2.75, 3.05) is 5.32 Å². The number of nitrogens with one attached hydrogen (secondary N) is 1. The second-order valence-corrected chi connectivity index (χ2v) is 7.61. The van der Waals surface area contributed by atoms with Crippen LogP contribution in [0.2, 0.25) is 5.02 Å². The van der Waals surface area contributed by atoms with Gasteiger partial charge < -0.3 is 5.32 Å². The fourth-order valence-corrected chi connectivity index (χ4v) is 2.54. The number of alkyl halides is 3. The standard InChI is InChI=1S/C13H7Cl4NO2S/c14-7-3-4-9(18-12(20)13(15,16)17)8(6-7)11(19)10-2-1-5-21-10/h1-6H,(H,18,20). The molecule has 0 aliphatic heterocycles. The first-order valence-electron chi connectivity index (χ1n) is 5.55. The van der Waals surface area contributed by atoms with Gasteiger partial charge in [-0.25, -0.2) is 0 Å². The van der Waals surface area contributed by atoms with Crippen LogP contribution in [-0.4, -0.2) is 15.5 Å². The van der Waals surface area contributed by atoms with E-state index >= 15 is 0 Å². The number of ketones is 1. The maximum absolute atomic E-state index is 12.4. The summed E-state index contributed by atoms with van der Waals surface area (Å²) in [6.07, 6.45) is 0. The highest BCUT2D eigenvalue weighted by molar-refractivity contribution is 7.12. The summed E-state index contributed by atoms with van der Waals surface area (Å²) in [5.41, 5.74) is 0.460. The summed E-state index contributed by atoms with van der Waals surface area (Å²) in [6, 6.07) is 7.90. The van der Waals surface area contributed by atoms with E-state index in [4.69, 9.17) is 46.4 Å². The third kappa shape index (κ3) is 4.11. The molecule has 0 aliphatic rings. The minimum Gasteiger partial charge on any atom is -0.322 e. The van der Waals surface area contributed by atoms with E-state index in [2.05, 4.69) is 5.32 Å². The van der Waals surface area contributed by atoms with Crippen LogP contribution in [0.5, 0.6) is 0 Å². The summed E-state index contributed by atoms with van der Waals surface area (Å²) in [7, 11) is 0. The lowest BCUT2D eigenvalue weighted by Crippen LogP contribution is -2.27. The molecule has 1 aromatic heterocycles. The van der Waals surface area contributed by atoms with Gasteiger partial charge in [-0.15, -0.1) is 11.3 Å². The topological polar surface area (TPSA) is 46.2 Å². The van der Waals surface area contributed by atoms with Gasteiger partial charge in [0.2, 0.25) is 5.78 Å². The Morgan fingerprint density at radius 3 is 2.43 bits per heavy atom. The minimum absolute atomic E-state index is 0.229. The van der Waals surface area contributed by atoms with Crippen molar-refractivity contribution in [2.45, 2.75) is 3.79 Å². The number of hydrogen-bond donors (Lipinski definition) is 1. The highest BCUT2D eigenvalue weighted by Gasteiger charge is 2.31. The molecule has 0 saturated heterocycles. The zero-order valence-corrected chi connectivity index (χ0v) is 14.0. The molecule has 0 spiro atoms. The first-order chi connectivity index (χ1) is 9.79. The van der Waals surface area contributed by atoms with Crippen molar-refractivity contribution in [3.8, 4) is 0 Å². The lowest BCUT2D eigenvalue weighted by molar-refractivity contribution is -0.115. The van der Waals surface area contributed by atoms with Gasteiger partial charge in [0.25, 0.3) is 9.70 Å². The average molecular weight is 383 g/mol. The van der Waals surface area contributed by atoms with Gasteiger partial charge in [-0.3, -0.25) is 9.59 Å². The molecule has 0 saturated carbocycles. The van der Waals surface area contributed by atoms with Crippen LogP contribution in [0.3, 0.4) is 0 Å². The largest absolute Gasteiger partial charge is 0.322 e. The van der Waals surface area contributed by atoms with Crippen molar-refractivity contribution in [1.29, 1.82) is 0 Å². The van der Waals surface area contributed by atoms with E-state index in [0.29, 0.717) is 9.90 Å². The van der Waals surface area contributed by atoms with Gasteiger partial charge >= 0.3 is 0 Å². The van der Waals surface area contributed by atoms with Crippen LogP contribution in [0.25, 0.3) is 0 Å². The maximum atomic E-state index is 12.4. The molecule has 21 heavy (non-hydrogen) atoms. The maximum Gasteiger partial charge on any atom is 0.276 e. The number of halogens is 4. The van der Waals surface area contributed by atoms with E-state index < -0.39 is 9.70 Å². The predicted octanol–water partition coefficient (Wildman–Crippen LogP) is 4.94. The van der Waals surface area contributed by atoms with Gasteiger partial charge in [0.1, 0.15) is 0 Å². The molecule has 0 atom stereocenters. The van der Waals surface area contributed by atoms with Crippen LogP contribution in [-0.2, 0) is 4.79 Å². The summed E-state index contributed by atoms with van der Waals surface area (Å²) in [5.74, 6) is -1.12. The molecule has 0 aliphatic carbocycles. The Kier molecular flexibility index (Phi) is 5.17. The summed E-state index contributed by atoms with van der Waals surface area (Å²) in [6.45, 7) is 0. The molecule has 1 heterocycles. The Bertz CT molecular complexity index is 680. The van der Waals surface area contributed by atoms with Crippen LogP contribution < -0.4 is 5.32 Å². The van der Waals surface area contributed by atoms with Crippen LogP contribution >= 0.6 is 57.7 Å². The lowest BCUT2D eigenvalue weighted by atomic mass is 10.1. The quantitative estimate of drug-likeness (QED) is 0.603. The highest BCUT2D eigenvalue weighted by Crippen LogP contribution is 2.30. The molecule has 2 aromatic rings. The molecule has 2 rings (SSSR count). The van der Waals surface area contributed by atoms with Crippen molar-refractivity contribution >= 4 is 75.1 Å². The Balaban J connectivity index is 2.39. The fraction of sp³-hybridized carbons (Fsp3) is 0.0769. The van der Waals surface area contributed by atoms with Crippen molar-refractivity contribution in [3.05, 3.63) is 51.2 Å². The number of carbonyl (C=O) groups excluding carboxylic acids is 2. The van der Waals surface area contributed by atoms with E-state index in [0.717, 1.165) is 0 Å². The van der Waals surface area contributed by atoms with E-state index in [9.17, 15) is 9.59 Å². The van der Waals surface area contributed by atoms with Crippen molar-refractivity contribution in [3.63, 3.8) is 0 Å². The summed E-state index contributed by atoms with van der Waals surface area (Å²) < 4.78 is -2.12. The van der Waals surface area contributed by atoms with Crippen LogP contribution in [0.4, 0.5) is 5.69 Å². The second kappa shape index (κ2) is 6.55. The predicted molar refractivity (Wildman–Crippen MR) is 88.1 cm³/mol. The third-order valence-corrected chi connectivity index (χ3v) is 4.10. The van der Waals surface area contributed by atoms with Crippen molar-refractivity contribution in [2.24, 2.45) is 0 Å². The monoisotopic (exact) mass is 381 g/mol. The molecule has 3 nitrogen and oxygen atoms in total. The van der Waals surface area contributed by atoms with E-state index in [1.165, 1.54) is 29.5 Å². The van der Waals surface area contributed by atoms with Gasteiger partial charge in [0, 0.05) is 10.6 Å². The molecule has 110 valence electrons. The molecule has 0 radical (unpaired) electrons. The van der Waals surface area contributed by atoms with Crippen molar-refractivity contribution in [1.82, 2.24) is 0 Å². The van der Waals surface area contributed by atoms with Gasteiger partial charge in [-0.1, -0.05) is 52.5 Å². The fourth-order valence-electron chi connectivity index (χ4n) is 1.55. The summed E-state index contributed by atoms with van der Waals surface area (Å²) in [4.78, 5) is 24.7. The van der Waals surface area contributed by atoms with Gasteiger partial charge in [0.15, 0.2) is 0 Å². The second-order valence-electron chi connectivity index (χ2n) is 3.95. The van der Waals surface area contributed by atoms with Gasteiger partial charge in [-0.05, 0) is 29.6 Å². The van der Waals surface area contributed by atoms with E-state index in [1.54, 1.807) is 17.5 Å². The number of benzene rings is 1. The Morgan fingerprint density at radius 2 is 1.86 bits per heavy atom. The number of hydrogen-bond acceptors (Lipinski definition) is 3. The third-order valence-electron chi connectivity index (χ3n) is 2.48. The number of anilines is 1. The number of amides is 1. The molecule has 8 heteroatoms. The van der Waals surface area contributed by atoms with Gasteiger partial charge in [-0.2, -0.15) is 0 Å². The first-order valence-corrected chi connectivity index (χ1v) is 7.94. The first kappa shape index (κ1) is 16.6. The lowest BCUT2D eigenvalue weighted by Gasteiger charge is -2.14. The number of thiophene rings is 1. The van der Waals surface area contributed by atoms with E-state index in [1.807, 2.05) is 0 Å². The molecular weight excluding hydrogens is 376 g/mol. The van der Waals surface area contributed by atoms with Crippen LogP contribution in [0.1, 0.15) is 15.2 Å². The van der Waals surface area contributed by atoms with Crippen molar-refractivity contribution < 1.29 is 9.59 Å². The molecule has 1 aromatic carbocycles. The zero-order valence-electron chi connectivity index (χ0n) is 10.2. The molecule has 0 bridgehead atoms. The Hall–Kier alpha value is -0.780. The number of carbonyl (C=O) groups is 2. The van der Waals surface area contributed by atoms with Gasteiger partial charge in [0.05, 0.1) is 10.6 Å². The minimum atomic E-state index is -2.12. The normalized spacial score (nSPS) is 11.2. The average Bonchev–Trinajstić information content (AvgIpc) is 2.92. The smallest absolute Gasteiger partial charge is 0.276 e. The molecule has 0 fully saturated rings. The van der Waals surface area contributed by atoms with E-state index in [-0.39, 0.29) is 17.0 Å².